The van der Waals surface area contributed by atoms with Crippen LogP contribution in [0.4, 0.5) is 0 Å². The maximum atomic E-state index is 12.5. The molecule has 25 heavy (non-hydrogen) atoms. The van der Waals surface area contributed by atoms with E-state index in [1.165, 1.54) is 33.3 Å². The molecule has 0 amide bonds. The SMILES string of the molecule is CCCCC/C([Se]c1ccccc1)=C(/[Se]c1ccccc1)C(=O)OC. The summed E-state index contributed by atoms with van der Waals surface area (Å²) in [5, 5.41) is 0. The van der Waals surface area contributed by atoms with Crippen molar-refractivity contribution in [3.8, 4) is 0 Å². The molecule has 0 heterocycles. The van der Waals surface area contributed by atoms with Crippen molar-refractivity contribution < 1.29 is 9.53 Å². The number of rotatable bonds is 9. The Bertz CT molecular complexity index is 682. The molecule has 4 heteroatoms. The van der Waals surface area contributed by atoms with Gasteiger partial charge in [-0.2, -0.15) is 0 Å². The number of carbonyl (C=O) groups is 1. The molecule has 0 aliphatic heterocycles. The second-order valence-electron chi connectivity index (χ2n) is 5.53. The van der Waals surface area contributed by atoms with Crippen molar-refractivity contribution in [2.45, 2.75) is 32.6 Å². The molecule has 0 saturated carbocycles. The first-order valence-electron chi connectivity index (χ1n) is 8.52. The summed E-state index contributed by atoms with van der Waals surface area (Å²) in [5.74, 6) is -0.159. The van der Waals surface area contributed by atoms with Crippen molar-refractivity contribution >= 4 is 44.8 Å². The third-order valence-corrected chi connectivity index (χ3v) is 9.03. The van der Waals surface area contributed by atoms with E-state index in [4.69, 9.17) is 4.74 Å². The molecule has 132 valence electrons. The second kappa shape index (κ2) is 11.3. The molecular formula is C21H24O2Se2. The van der Waals surface area contributed by atoms with Gasteiger partial charge in [0, 0.05) is 0 Å². The van der Waals surface area contributed by atoms with Gasteiger partial charge in [-0.25, -0.2) is 0 Å². The van der Waals surface area contributed by atoms with Crippen LogP contribution in [0.3, 0.4) is 0 Å². The van der Waals surface area contributed by atoms with Gasteiger partial charge in [0.05, 0.1) is 0 Å². The van der Waals surface area contributed by atoms with E-state index in [1.54, 1.807) is 0 Å². The Hall–Kier alpha value is -1.31. The third kappa shape index (κ3) is 6.84. The van der Waals surface area contributed by atoms with Crippen molar-refractivity contribution in [1.82, 2.24) is 0 Å². The van der Waals surface area contributed by atoms with E-state index < -0.39 is 0 Å². The molecule has 2 nitrogen and oxygen atoms in total. The molecule has 0 N–H and O–H groups in total. The zero-order valence-electron chi connectivity index (χ0n) is 14.7. The third-order valence-electron chi connectivity index (χ3n) is 3.58. The number of esters is 1. The number of allylic oxidation sites excluding steroid dienone is 1. The van der Waals surface area contributed by atoms with Gasteiger partial charge >= 0.3 is 164 Å². The molecule has 0 fully saturated rings. The number of methoxy groups -OCH3 is 1. The molecule has 0 aliphatic rings. The van der Waals surface area contributed by atoms with E-state index in [0.29, 0.717) is 0 Å². The van der Waals surface area contributed by atoms with Crippen LogP contribution in [0.5, 0.6) is 0 Å². The van der Waals surface area contributed by atoms with Gasteiger partial charge < -0.3 is 0 Å². The Balaban J connectivity index is 2.33. The second-order valence-corrected chi connectivity index (χ2v) is 10.3. The van der Waals surface area contributed by atoms with E-state index in [2.05, 4.69) is 43.3 Å². The zero-order valence-corrected chi connectivity index (χ0v) is 18.2. The standard InChI is InChI=1S/C21H24O2Se2/c1-3-4-7-16-19(24-17-12-8-5-9-13-17)20(21(22)23-2)25-18-14-10-6-11-15-18/h5-6,8-15H,3-4,7,16H2,1-2H3/b20-19-. The zero-order chi connectivity index (χ0) is 17.9. The topological polar surface area (TPSA) is 26.3 Å². The molecule has 2 aromatic rings. The van der Waals surface area contributed by atoms with Gasteiger partial charge in [0.25, 0.3) is 0 Å². The van der Waals surface area contributed by atoms with Gasteiger partial charge in [-0.15, -0.1) is 0 Å². The van der Waals surface area contributed by atoms with Crippen molar-refractivity contribution in [3.63, 3.8) is 0 Å². The van der Waals surface area contributed by atoms with Crippen molar-refractivity contribution in [3.05, 3.63) is 69.6 Å². The van der Waals surface area contributed by atoms with E-state index in [-0.39, 0.29) is 35.9 Å². The fourth-order valence-corrected chi connectivity index (χ4v) is 7.21. The number of hydrogen-bond acceptors (Lipinski definition) is 2. The molecule has 0 aromatic heterocycles. The van der Waals surface area contributed by atoms with Gasteiger partial charge in [0.15, 0.2) is 0 Å². The minimum absolute atomic E-state index is 0.0214. The number of benzene rings is 2. The molecular weight excluding hydrogens is 442 g/mol. The van der Waals surface area contributed by atoms with Crippen LogP contribution in [0, 0.1) is 0 Å². The van der Waals surface area contributed by atoms with E-state index in [1.807, 2.05) is 24.3 Å². The fraction of sp³-hybridized carbons (Fsp3) is 0.286. The average molecular weight is 466 g/mol. The summed E-state index contributed by atoms with van der Waals surface area (Å²) < 4.78 is 9.86. The Morgan fingerprint density at radius 1 is 0.880 bits per heavy atom. The first kappa shape index (κ1) is 20.0. The van der Waals surface area contributed by atoms with Crippen LogP contribution in [0.2, 0.25) is 0 Å². The summed E-state index contributed by atoms with van der Waals surface area (Å²) in [6, 6.07) is 20.8. The van der Waals surface area contributed by atoms with E-state index in [0.717, 1.165) is 17.3 Å². The summed E-state index contributed by atoms with van der Waals surface area (Å²) in [5.41, 5.74) is 0. The molecule has 0 bridgehead atoms. The van der Waals surface area contributed by atoms with Gasteiger partial charge in [0.1, 0.15) is 0 Å². The molecule has 0 unspecified atom stereocenters. The number of ether oxygens (including phenoxy) is 1. The summed E-state index contributed by atoms with van der Waals surface area (Å²) >= 11 is 0.140. The van der Waals surface area contributed by atoms with Crippen LogP contribution >= 0.6 is 0 Å². The molecule has 2 rings (SSSR count). The predicted molar refractivity (Wildman–Crippen MR) is 107 cm³/mol. The summed E-state index contributed by atoms with van der Waals surface area (Å²) in [4.78, 5) is 12.5. The van der Waals surface area contributed by atoms with Crippen molar-refractivity contribution in [1.29, 1.82) is 0 Å². The van der Waals surface area contributed by atoms with Crippen LogP contribution in [-0.2, 0) is 9.53 Å². The van der Waals surface area contributed by atoms with Crippen LogP contribution in [0.25, 0.3) is 0 Å². The van der Waals surface area contributed by atoms with Crippen LogP contribution in [-0.4, -0.2) is 43.0 Å². The molecule has 2 aromatic carbocycles. The Kier molecular flexibility index (Phi) is 9.07. The Morgan fingerprint density at radius 3 is 1.96 bits per heavy atom. The quantitative estimate of drug-likeness (QED) is 0.246. The van der Waals surface area contributed by atoms with Gasteiger partial charge in [0.2, 0.25) is 0 Å². The van der Waals surface area contributed by atoms with E-state index in [9.17, 15) is 4.79 Å². The monoisotopic (exact) mass is 468 g/mol. The minimum atomic E-state index is -0.159. The molecule has 0 aliphatic carbocycles. The number of hydrogen-bond donors (Lipinski definition) is 0. The Morgan fingerprint density at radius 2 is 1.44 bits per heavy atom. The van der Waals surface area contributed by atoms with Gasteiger partial charge in [-0.1, -0.05) is 0 Å². The maximum absolute atomic E-state index is 12.5. The average Bonchev–Trinajstić information content (AvgIpc) is 2.66. The van der Waals surface area contributed by atoms with E-state index >= 15 is 0 Å². The van der Waals surface area contributed by atoms with Crippen LogP contribution in [0.1, 0.15) is 32.6 Å². The van der Waals surface area contributed by atoms with Crippen molar-refractivity contribution in [2.75, 3.05) is 7.11 Å². The molecule has 0 atom stereocenters. The Labute approximate surface area is 163 Å². The molecule has 0 radical (unpaired) electrons. The van der Waals surface area contributed by atoms with Crippen LogP contribution < -0.4 is 8.92 Å². The summed E-state index contributed by atoms with van der Waals surface area (Å²) in [6.07, 6.45) is 4.50. The number of unbranched alkanes of at least 4 members (excludes halogenated alkanes) is 2. The predicted octanol–water partition coefficient (Wildman–Crippen LogP) is 3.01. The first-order valence-corrected chi connectivity index (χ1v) is 11.9. The van der Waals surface area contributed by atoms with Gasteiger partial charge in [-0.3, -0.25) is 0 Å². The fourth-order valence-electron chi connectivity index (χ4n) is 2.29. The normalized spacial score (nSPS) is 11.8. The van der Waals surface area contributed by atoms with Gasteiger partial charge in [-0.05, 0) is 0 Å². The molecule has 0 spiro atoms. The molecule has 0 saturated heterocycles. The van der Waals surface area contributed by atoms with Crippen LogP contribution in [0.15, 0.2) is 69.6 Å². The van der Waals surface area contributed by atoms with Crippen molar-refractivity contribution in [2.24, 2.45) is 0 Å². The first-order chi connectivity index (χ1) is 12.2. The summed E-state index contributed by atoms with van der Waals surface area (Å²) in [7, 11) is 1.49. The summed E-state index contributed by atoms with van der Waals surface area (Å²) in [6.45, 7) is 2.21. The number of carbonyl (C=O) groups excluding carboxylic acids is 1.